The van der Waals surface area contributed by atoms with Crippen molar-refractivity contribution in [1.82, 2.24) is 9.38 Å². The lowest BCUT2D eigenvalue weighted by Crippen LogP contribution is -2.11. The van der Waals surface area contributed by atoms with Crippen LogP contribution >= 0.6 is 11.8 Å². The van der Waals surface area contributed by atoms with Gasteiger partial charge in [0.1, 0.15) is 5.65 Å². The van der Waals surface area contributed by atoms with E-state index in [-0.39, 0.29) is 0 Å². The van der Waals surface area contributed by atoms with Gasteiger partial charge in [0.15, 0.2) is 0 Å². The number of nitrogens with zero attached hydrogens (tertiary/aromatic N) is 2. The Labute approximate surface area is 104 Å². The number of imidazole rings is 1. The van der Waals surface area contributed by atoms with Gasteiger partial charge in [-0.15, -0.1) is 11.8 Å². The van der Waals surface area contributed by atoms with E-state index in [0.717, 1.165) is 11.3 Å². The normalized spacial score (nSPS) is 12.8. The number of carbonyl (C=O) groups is 1. The number of carboxylic acids is 1. The lowest BCUT2D eigenvalue weighted by molar-refractivity contribution is -0.136. The van der Waals surface area contributed by atoms with Crippen molar-refractivity contribution in [3.8, 4) is 0 Å². The molecule has 0 saturated heterocycles. The maximum absolute atomic E-state index is 10.7. The molecule has 5 heteroatoms. The van der Waals surface area contributed by atoms with Crippen molar-refractivity contribution in [1.29, 1.82) is 0 Å². The monoisotopic (exact) mass is 250 g/mol. The zero-order chi connectivity index (χ0) is 12.4. The van der Waals surface area contributed by atoms with Crippen LogP contribution in [0.2, 0.25) is 0 Å². The molecular formula is C12H14N2O2S. The van der Waals surface area contributed by atoms with Crippen molar-refractivity contribution in [2.75, 3.05) is 0 Å². The molecule has 17 heavy (non-hydrogen) atoms. The van der Waals surface area contributed by atoms with Gasteiger partial charge in [0.2, 0.25) is 0 Å². The molecule has 1 unspecified atom stereocenters. The second-order valence-electron chi connectivity index (χ2n) is 4.00. The topological polar surface area (TPSA) is 54.6 Å². The fourth-order valence-electron chi connectivity index (χ4n) is 1.51. The molecule has 0 spiro atoms. The predicted octanol–water partition coefficient (Wildman–Crippen LogP) is 2.35. The first-order valence-electron chi connectivity index (χ1n) is 5.35. The summed E-state index contributed by atoms with van der Waals surface area (Å²) in [4.78, 5) is 15.1. The number of aryl methyl sites for hydroxylation is 1. The van der Waals surface area contributed by atoms with Gasteiger partial charge in [-0.1, -0.05) is 6.07 Å². The van der Waals surface area contributed by atoms with Crippen LogP contribution in [-0.2, 0) is 10.5 Å². The average molecular weight is 250 g/mol. The number of hydrogen-bond donors (Lipinski definition) is 1. The van der Waals surface area contributed by atoms with Gasteiger partial charge in [-0.25, -0.2) is 4.98 Å². The second kappa shape index (κ2) is 4.79. The maximum atomic E-state index is 10.7. The fourth-order valence-corrected chi connectivity index (χ4v) is 2.21. The highest BCUT2D eigenvalue weighted by Crippen LogP contribution is 2.18. The maximum Gasteiger partial charge on any atom is 0.316 e. The van der Waals surface area contributed by atoms with Gasteiger partial charge in [0, 0.05) is 18.1 Å². The second-order valence-corrected chi connectivity index (χ2v) is 5.32. The molecule has 1 atom stereocenters. The van der Waals surface area contributed by atoms with Gasteiger partial charge >= 0.3 is 5.97 Å². The van der Waals surface area contributed by atoms with Crippen LogP contribution in [0.4, 0.5) is 0 Å². The summed E-state index contributed by atoms with van der Waals surface area (Å²) < 4.78 is 1.97. The smallest absolute Gasteiger partial charge is 0.316 e. The average Bonchev–Trinajstić information content (AvgIpc) is 2.67. The minimum atomic E-state index is -0.783. The molecule has 4 nitrogen and oxygen atoms in total. The predicted molar refractivity (Wildman–Crippen MR) is 68.3 cm³/mol. The molecule has 2 aromatic rings. The minimum Gasteiger partial charge on any atom is -0.480 e. The third-order valence-electron chi connectivity index (χ3n) is 2.48. The Bertz CT molecular complexity index is 550. The summed E-state index contributed by atoms with van der Waals surface area (Å²) in [6.07, 6.45) is 3.96. The number of rotatable bonds is 4. The first-order chi connectivity index (χ1) is 8.06. The van der Waals surface area contributed by atoms with Crippen molar-refractivity contribution in [2.24, 2.45) is 0 Å². The van der Waals surface area contributed by atoms with E-state index in [1.807, 2.05) is 35.9 Å². The number of pyridine rings is 1. The first-order valence-corrected chi connectivity index (χ1v) is 6.40. The molecule has 0 saturated carbocycles. The number of aromatic nitrogens is 2. The van der Waals surface area contributed by atoms with Crippen LogP contribution in [0.3, 0.4) is 0 Å². The number of carboxylic acid groups (broad SMARTS) is 1. The summed E-state index contributed by atoms with van der Waals surface area (Å²) >= 11 is 1.38. The molecule has 1 N–H and O–H groups in total. The van der Waals surface area contributed by atoms with E-state index in [9.17, 15) is 4.79 Å². The molecule has 0 fully saturated rings. The minimum absolute atomic E-state index is 0.401. The highest BCUT2D eigenvalue weighted by Gasteiger charge is 2.12. The number of fused-ring (bicyclic) bond motifs is 1. The Hall–Kier alpha value is -1.49. The van der Waals surface area contributed by atoms with Crippen LogP contribution in [0.5, 0.6) is 0 Å². The van der Waals surface area contributed by atoms with Crippen molar-refractivity contribution in [3.63, 3.8) is 0 Å². The van der Waals surface area contributed by atoms with Gasteiger partial charge in [-0.2, -0.15) is 0 Å². The van der Waals surface area contributed by atoms with E-state index in [2.05, 4.69) is 4.98 Å². The number of aliphatic carboxylic acids is 1. The van der Waals surface area contributed by atoms with Crippen molar-refractivity contribution in [2.45, 2.75) is 24.9 Å². The molecule has 0 aliphatic rings. The lowest BCUT2D eigenvalue weighted by atomic mass is 10.3. The van der Waals surface area contributed by atoms with E-state index in [4.69, 9.17) is 5.11 Å². The summed E-state index contributed by atoms with van der Waals surface area (Å²) in [5.41, 5.74) is 2.98. The molecule has 0 bridgehead atoms. The number of thioether (sulfide) groups is 1. The van der Waals surface area contributed by atoms with Crippen LogP contribution in [0.1, 0.15) is 18.2 Å². The number of hydrogen-bond acceptors (Lipinski definition) is 3. The van der Waals surface area contributed by atoms with Crippen LogP contribution in [0.15, 0.2) is 24.5 Å². The third kappa shape index (κ3) is 2.79. The summed E-state index contributed by atoms with van der Waals surface area (Å²) in [5.74, 6) is -0.164. The largest absolute Gasteiger partial charge is 0.480 e. The van der Waals surface area contributed by atoms with E-state index in [1.54, 1.807) is 6.92 Å². The summed E-state index contributed by atoms with van der Waals surface area (Å²) in [5, 5.41) is 8.39. The van der Waals surface area contributed by atoms with Crippen molar-refractivity contribution < 1.29 is 9.90 Å². The summed E-state index contributed by atoms with van der Waals surface area (Å²) in [6, 6.07) is 3.98. The van der Waals surface area contributed by atoms with Crippen LogP contribution in [0, 0.1) is 6.92 Å². The molecule has 0 radical (unpaired) electrons. The first kappa shape index (κ1) is 12.0. The molecule has 0 aliphatic heterocycles. The highest BCUT2D eigenvalue weighted by molar-refractivity contribution is 7.99. The van der Waals surface area contributed by atoms with Gasteiger partial charge in [-0.05, 0) is 25.5 Å². The molecular weight excluding hydrogens is 236 g/mol. The van der Waals surface area contributed by atoms with E-state index in [1.165, 1.54) is 17.3 Å². The van der Waals surface area contributed by atoms with Crippen LogP contribution < -0.4 is 0 Å². The molecule has 0 aromatic carbocycles. The molecule has 2 heterocycles. The van der Waals surface area contributed by atoms with Gasteiger partial charge < -0.3 is 9.51 Å². The fraction of sp³-hybridized carbons (Fsp3) is 0.333. The lowest BCUT2D eigenvalue weighted by Gasteiger charge is -2.02. The highest BCUT2D eigenvalue weighted by atomic mass is 32.2. The Morgan fingerprint density at radius 1 is 1.53 bits per heavy atom. The molecule has 90 valence electrons. The zero-order valence-electron chi connectivity index (χ0n) is 9.75. The Kier molecular flexibility index (Phi) is 3.38. The zero-order valence-corrected chi connectivity index (χ0v) is 10.6. The van der Waals surface area contributed by atoms with Crippen molar-refractivity contribution in [3.05, 3.63) is 35.8 Å². The van der Waals surface area contributed by atoms with E-state index < -0.39 is 11.2 Å². The summed E-state index contributed by atoms with van der Waals surface area (Å²) in [6.45, 7) is 3.72. The van der Waals surface area contributed by atoms with Gasteiger partial charge in [0.05, 0.1) is 10.9 Å². The SMILES string of the molecule is Cc1ccc2nc(CSC(C)C(=O)O)cn2c1. The van der Waals surface area contributed by atoms with Crippen molar-refractivity contribution >= 4 is 23.4 Å². The Balaban J connectivity index is 2.12. The standard InChI is InChI=1S/C12H14N2O2S/c1-8-3-4-11-13-10(6-14(11)5-8)7-17-9(2)12(15)16/h3-6,9H,7H2,1-2H3,(H,15,16). The van der Waals surface area contributed by atoms with Gasteiger partial charge in [0.25, 0.3) is 0 Å². The third-order valence-corrected chi connectivity index (χ3v) is 3.64. The summed E-state index contributed by atoms with van der Waals surface area (Å²) in [7, 11) is 0. The van der Waals surface area contributed by atoms with Gasteiger partial charge in [-0.3, -0.25) is 4.79 Å². The molecule has 0 aliphatic carbocycles. The van der Waals surface area contributed by atoms with E-state index >= 15 is 0 Å². The van der Waals surface area contributed by atoms with Crippen LogP contribution in [-0.4, -0.2) is 25.7 Å². The Morgan fingerprint density at radius 2 is 2.29 bits per heavy atom. The Morgan fingerprint density at radius 3 is 3.00 bits per heavy atom. The molecule has 2 aromatic heterocycles. The van der Waals surface area contributed by atoms with E-state index in [0.29, 0.717) is 5.75 Å². The molecule has 0 amide bonds. The van der Waals surface area contributed by atoms with Crippen LogP contribution in [0.25, 0.3) is 5.65 Å². The molecule has 2 rings (SSSR count). The quantitative estimate of drug-likeness (QED) is 0.905.